The van der Waals surface area contributed by atoms with Gasteiger partial charge in [0.2, 0.25) is 0 Å². The average Bonchev–Trinajstić information content (AvgIpc) is 2.26. The molecule has 4 heteroatoms. The monoisotopic (exact) mass is 206 g/mol. The van der Waals surface area contributed by atoms with E-state index in [2.05, 4.69) is 23.3 Å². The van der Waals surface area contributed by atoms with E-state index in [4.69, 9.17) is 9.47 Å². The Bertz CT molecular complexity index is 392. The van der Waals surface area contributed by atoms with Gasteiger partial charge in [-0.15, -0.1) is 0 Å². The van der Waals surface area contributed by atoms with Crippen LogP contribution in [0.25, 0.3) is 0 Å². The normalized spacial score (nSPS) is 19.8. The standard InChI is InChI=1S/C11H14N2O2/c1-13-5-9-2-8-4-12-6-14-10(8)3-11(9)15-7-13/h2-3,12H,4-7H2,1H3. The number of nitrogens with zero attached hydrogens (tertiary/aromatic N) is 1. The van der Waals surface area contributed by atoms with Crippen LogP contribution in [-0.4, -0.2) is 25.4 Å². The van der Waals surface area contributed by atoms with Crippen molar-refractivity contribution in [2.75, 3.05) is 20.5 Å². The van der Waals surface area contributed by atoms with Crippen LogP contribution < -0.4 is 14.8 Å². The molecule has 0 amide bonds. The van der Waals surface area contributed by atoms with Gasteiger partial charge in [0, 0.05) is 30.3 Å². The fourth-order valence-electron chi connectivity index (χ4n) is 2.02. The van der Waals surface area contributed by atoms with E-state index in [1.165, 1.54) is 11.1 Å². The molecule has 0 bridgehead atoms. The molecular weight excluding hydrogens is 192 g/mol. The van der Waals surface area contributed by atoms with E-state index < -0.39 is 0 Å². The Morgan fingerprint density at radius 3 is 3.00 bits per heavy atom. The highest BCUT2D eigenvalue weighted by Crippen LogP contribution is 2.33. The van der Waals surface area contributed by atoms with Gasteiger partial charge >= 0.3 is 0 Å². The molecule has 2 aliphatic rings. The van der Waals surface area contributed by atoms with Crippen LogP contribution in [0.2, 0.25) is 0 Å². The van der Waals surface area contributed by atoms with Gasteiger partial charge in [0.15, 0.2) is 0 Å². The summed E-state index contributed by atoms with van der Waals surface area (Å²) in [6, 6.07) is 4.19. The second-order valence-corrected chi connectivity index (χ2v) is 4.07. The van der Waals surface area contributed by atoms with Crippen molar-refractivity contribution in [3.8, 4) is 11.5 Å². The SMILES string of the molecule is CN1COc2cc3c(cc2C1)CNCO3. The van der Waals surface area contributed by atoms with Gasteiger partial charge in [-0.3, -0.25) is 10.2 Å². The lowest BCUT2D eigenvalue weighted by Crippen LogP contribution is -2.30. The maximum absolute atomic E-state index is 5.63. The second kappa shape index (κ2) is 3.40. The quantitative estimate of drug-likeness (QED) is 0.684. The number of rotatable bonds is 0. The minimum Gasteiger partial charge on any atom is -0.478 e. The molecule has 2 aliphatic heterocycles. The zero-order chi connectivity index (χ0) is 10.3. The largest absolute Gasteiger partial charge is 0.478 e. The van der Waals surface area contributed by atoms with Crippen molar-refractivity contribution < 1.29 is 9.47 Å². The van der Waals surface area contributed by atoms with Gasteiger partial charge < -0.3 is 9.47 Å². The molecule has 3 rings (SSSR count). The molecule has 1 N–H and O–H groups in total. The summed E-state index contributed by atoms with van der Waals surface area (Å²) in [7, 11) is 2.05. The number of hydrogen-bond donors (Lipinski definition) is 1. The Labute approximate surface area is 88.8 Å². The summed E-state index contributed by atoms with van der Waals surface area (Å²) in [5.41, 5.74) is 2.47. The van der Waals surface area contributed by atoms with Gasteiger partial charge in [0.1, 0.15) is 25.0 Å². The first kappa shape index (κ1) is 9.00. The van der Waals surface area contributed by atoms with Crippen LogP contribution in [-0.2, 0) is 13.1 Å². The smallest absolute Gasteiger partial charge is 0.142 e. The van der Waals surface area contributed by atoms with Gasteiger partial charge in [0.05, 0.1) is 0 Å². The van der Waals surface area contributed by atoms with E-state index in [1.54, 1.807) is 0 Å². The molecule has 1 aromatic carbocycles. The van der Waals surface area contributed by atoms with Crippen LogP contribution in [0.5, 0.6) is 11.5 Å². The van der Waals surface area contributed by atoms with Gasteiger partial charge in [0.25, 0.3) is 0 Å². The van der Waals surface area contributed by atoms with Crippen molar-refractivity contribution in [1.82, 2.24) is 10.2 Å². The molecule has 0 spiro atoms. The topological polar surface area (TPSA) is 33.7 Å². The summed E-state index contributed by atoms with van der Waals surface area (Å²) in [6.45, 7) is 3.07. The van der Waals surface area contributed by atoms with E-state index in [9.17, 15) is 0 Å². The minimum absolute atomic E-state index is 0.589. The zero-order valence-corrected chi connectivity index (χ0v) is 8.75. The maximum Gasteiger partial charge on any atom is 0.142 e. The molecule has 0 aromatic heterocycles. The summed E-state index contributed by atoms with van der Waals surface area (Å²) in [5, 5.41) is 3.18. The second-order valence-electron chi connectivity index (χ2n) is 4.07. The summed E-state index contributed by atoms with van der Waals surface area (Å²) in [4.78, 5) is 2.14. The van der Waals surface area contributed by atoms with Crippen LogP contribution in [0.15, 0.2) is 12.1 Å². The predicted molar refractivity (Wildman–Crippen MR) is 55.7 cm³/mol. The molecule has 0 aliphatic carbocycles. The molecule has 4 nitrogen and oxygen atoms in total. The highest BCUT2D eigenvalue weighted by molar-refractivity contribution is 5.47. The molecule has 1 aromatic rings. The van der Waals surface area contributed by atoms with Gasteiger partial charge in [-0.25, -0.2) is 0 Å². The first-order valence-corrected chi connectivity index (χ1v) is 5.13. The van der Waals surface area contributed by atoms with Crippen molar-refractivity contribution in [1.29, 1.82) is 0 Å². The zero-order valence-electron chi connectivity index (χ0n) is 8.75. The van der Waals surface area contributed by atoms with Crippen LogP contribution in [0.3, 0.4) is 0 Å². The summed E-state index contributed by atoms with van der Waals surface area (Å²) < 4.78 is 11.1. The van der Waals surface area contributed by atoms with E-state index in [-0.39, 0.29) is 0 Å². The Balaban J connectivity index is 2.02. The van der Waals surface area contributed by atoms with Gasteiger partial charge in [-0.05, 0) is 13.1 Å². The molecule has 15 heavy (non-hydrogen) atoms. The Morgan fingerprint density at radius 2 is 2.07 bits per heavy atom. The van der Waals surface area contributed by atoms with Gasteiger partial charge in [-0.1, -0.05) is 0 Å². The van der Waals surface area contributed by atoms with E-state index >= 15 is 0 Å². The predicted octanol–water partition coefficient (Wildman–Crippen LogP) is 0.908. The Morgan fingerprint density at radius 1 is 1.20 bits per heavy atom. The van der Waals surface area contributed by atoms with E-state index in [1.807, 2.05) is 6.07 Å². The van der Waals surface area contributed by atoms with Crippen LogP contribution in [0.1, 0.15) is 11.1 Å². The lowest BCUT2D eigenvalue weighted by molar-refractivity contribution is 0.120. The van der Waals surface area contributed by atoms with Crippen molar-refractivity contribution in [3.63, 3.8) is 0 Å². The molecule has 0 radical (unpaired) electrons. The third-order valence-electron chi connectivity index (χ3n) is 2.77. The summed E-state index contributed by atoms with van der Waals surface area (Å²) >= 11 is 0. The highest BCUT2D eigenvalue weighted by atomic mass is 16.5. The molecule has 0 saturated carbocycles. The van der Waals surface area contributed by atoms with Crippen LogP contribution >= 0.6 is 0 Å². The van der Waals surface area contributed by atoms with Crippen molar-refractivity contribution in [2.24, 2.45) is 0 Å². The van der Waals surface area contributed by atoms with Crippen LogP contribution in [0, 0.1) is 0 Å². The highest BCUT2D eigenvalue weighted by Gasteiger charge is 2.19. The molecule has 2 heterocycles. The summed E-state index contributed by atoms with van der Waals surface area (Å²) in [6.07, 6.45) is 0. The third-order valence-corrected chi connectivity index (χ3v) is 2.77. The van der Waals surface area contributed by atoms with E-state index in [0.717, 1.165) is 24.6 Å². The summed E-state index contributed by atoms with van der Waals surface area (Å²) in [5.74, 6) is 1.92. The van der Waals surface area contributed by atoms with Crippen molar-refractivity contribution in [3.05, 3.63) is 23.3 Å². The Kier molecular flexibility index (Phi) is 2.04. The number of nitrogens with one attached hydrogen (secondary N) is 1. The fourth-order valence-corrected chi connectivity index (χ4v) is 2.02. The first-order chi connectivity index (χ1) is 7.33. The molecular formula is C11H14N2O2. The number of fused-ring (bicyclic) bond motifs is 2. The van der Waals surface area contributed by atoms with Crippen molar-refractivity contribution in [2.45, 2.75) is 13.1 Å². The number of ether oxygens (including phenoxy) is 2. The molecule has 0 fully saturated rings. The van der Waals surface area contributed by atoms with Gasteiger partial charge in [-0.2, -0.15) is 0 Å². The fraction of sp³-hybridized carbons (Fsp3) is 0.455. The molecule has 80 valence electrons. The molecule has 0 unspecified atom stereocenters. The maximum atomic E-state index is 5.63. The number of hydrogen-bond acceptors (Lipinski definition) is 4. The lowest BCUT2D eigenvalue weighted by Gasteiger charge is -2.28. The molecule has 0 atom stereocenters. The Hall–Kier alpha value is -1.26. The van der Waals surface area contributed by atoms with Crippen molar-refractivity contribution >= 4 is 0 Å². The third kappa shape index (κ3) is 1.56. The molecule has 0 saturated heterocycles. The van der Waals surface area contributed by atoms with E-state index in [0.29, 0.717) is 13.5 Å². The minimum atomic E-state index is 0.589. The van der Waals surface area contributed by atoms with Crippen LogP contribution in [0.4, 0.5) is 0 Å². The first-order valence-electron chi connectivity index (χ1n) is 5.13. The average molecular weight is 206 g/mol. The lowest BCUT2D eigenvalue weighted by atomic mass is 10.1. The number of benzene rings is 1.